The summed E-state index contributed by atoms with van der Waals surface area (Å²) in [5.74, 6) is -0.775. The number of carboxylic acids is 1. The highest BCUT2D eigenvalue weighted by molar-refractivity contribution is 5.79. The Balaban J connectivity index is 1.86. The molecule has 0 bridgehead atoms. The van der Waals surface area contributed by atoms with Crippen LogP contribution in [0.25, 0.3) is 0 Å². The molecule has 2 fully saturated rings. The van der Waals surface area contributed by atoms with Crippen LogP contribution in [-0.4, -0.2) is 41.1 Å². The van der Waals surface area contributed by atoms with Gasteiger partial charge in [-0.25, -0.2) is 4.79 Å². The number of amides is 2. The fourth-order valence-corrected chi connectivity index (χ4v) is 2.94. The first-order valence-corrected chi connectivity index (χ1v) is 6.87. The van der Waals surface area contributed by atoms with E-state index in [1.165, 1.54) is 0 Å². The van der Waals surface area contributed by atoms with Crippen molar-refractivity contribution in [2.45, 2.75) is 51.5 Å². The average Bonchev–Trinajstić information content (AvgIpc) is 2.74. The monoisotopic (exact) mass is 254 g/mol. The van der Waals surface area contributed by atoms with Crippen molar-refractivity contribution in [2.75, 3.05) is 13.1 Å². The molecule has 0 aromatic heterocycles. The molecule has 1 aliphatic heterocycles. The Hall–Kier alpha value is -1.26. The number of likely N-dealkylation sites (tertiary alicyclic amines) is 1. The second kappa shape index (κ2) is 5.16. The van der Waals surface area contributed by atoms with Crippen molar-refractivity contribution < 1.29 is 14.7 Å². The van der Waals surface area contributed by atoms with E-state index >= 15 is 0 Å². The van der Waals surface area contributed by atoms with Gasteiger partial charge in [-0.15, -0.1) is 0 Å². The molecule has 2 N–H and O–H groups in total. The number of hydrogen-bond donors (Lipinski definition) is 2. The van der Waals surface area contributed by atoms with E-state index in [1.807, 2.05) is 4.90 Å². The molecule has 1 saturated carbocycles. The molecule has 0 radical (unpaired) electrons. The molecule has 2 aliphatic rings. The third-order valence-electron chi connectivity index (χ3n) is 4.45. The summed E-state index contributed by atoms with van der Waals surface area (Å²) in [7, 11) is 0. The molecule has 1 saturated heterocycles. The quantitative estimate of drug-likeness (QED) is 0.804. The van der Waals surface area contributed by atoms with Gasteiger partial charge in [-0.2, -0.15) is 0 Å². The van der Waals surface area contributed by atoms with Crippen LogP contribution in [0.5, 0.6) is 0 Å². The fraction of sp³-hybridized carbons (Fsp3) is 0.846. The molecule has 18 heavy (non-hydrogen) atoms. The van der Waals surface area contributed by atoms with Gasteiger partial charge in [0, 0.05) is 19.1 Å². The number of nitrogens with zero attached hydrogens (tertiary/aromatic N) is 1. The van der Waals surface area contributed by atoms with Gasteiger partial charge < -0.3 is 15.3 Å². The van der Waals surface area contributed by atoms with E-state index in [1.54, 1.807) is 0 Å². The first kappa shape index (κ1) is 13.2. The van der Waals surface area contributed by atoms with E-state index in [2.05, 4.69) is 12.2 Å². The number of urea groups is 1. The minimum atomic E-state index is -0.775. The number of hydrogen-bond acceptors (Lipinski definition) is 2. The van der Waals surface area contributed by atoms with Gasteiger partial charge in [0.2, 0.25) is 0 Å². The van der Waals surface area contributed by atoms with E-state index in [0.29, 0.717) is 18.9 Å². The maximum atomic E-state index is 12.0. The van der Waals surface area contributed by atoms with Gasteiger partial charge >= 0.3 is 12.0 Å². The summed E-state index contributed by atoms with van der Waals surface area (Å²) in [5, 5.41) is 12.0. The Bertz CT molecular complexity index is 339. The zero-order valence-electron chi connectivity index (χ0n) is 10.9. The molecule has 0 aromatic carbocycles. The molecule has 1 unspecified atom stereocenters. The Morgan fingerprint density at radius 1 is 1.39 bits per heavy atom. The smallest absolute Gasteiger partial charge is 0.317 e. The summed E-state index contributed by atoms with van der Waals surface area (Å²) in [6.07, 6.45) is 5.39. The Kier molecular flexibility index (Phi) is 3.78. The molecule has 2 rings (SSSR count). The topological polar surface area (TPSA) is 69.6 Å². The highest BCUT2D eigenvalue weighted by Crippen LogP contribution is 2.40. The van der Waals surface area contributed by atoms with Gasteiger partial charge in [-0.3, -0.25) is 4.79 Å². The van der Waals surface area contributed by atoms with Crippen molar-refractivity contribution in [1.82, 2.24) is 10.2 Å². The van der Waals surface area contributed by atoms with Crippen molar-refractivity contribution in [3.63, 3.8) is 0 Å². The summed E-state index contributed by atoms with van der Waals surface area (Å²) < 4.78 is 0. The zero-order valence-corrected chi connectivity index (χ0v) is 10.9. The summed E-state index contributed by atoms with van der Waals surface area (Å²) in [4.78, 5) is 25.1. The minimum Gasteiger partial charge on any atom is -0.481 e. The van der Waals surface area contributed by atoms with Gasteiger partial charge in [0.25, 0.3) is 0 Å². The van der Waals surface area contributed by atoms with Crippen LogP contribution in [0.2, 0.25) is 0 Å². The summed E-state index contributed by atoms with van der Waals surface area (Å²) in [6.45, 7) is 3.15. The largest absolute Gasteiger partial charge is 0.481 e. The maximum Gasteiger partial charge on any atom is 0.317 e. The molecule has 5 nitrogen and oxygen atoms in total. The highest BCUT2D eigenvalue weighted by Gasteiger charge is 2.44. The van der Waals surface area contributed by atoms with Crippen molar-refractivity contribution in [3.05, 3.63) is 0 Å². The molecular weight excluding hydrogens is 232 g/mol. The van der Waals surface area contributed by atoms with Crippen LogP contribution in [0, 0.1) is 5.41 Å². The molecule has 1 atom stereocenters. The second-order valence-electron chi connectivity index (χ2n) is 5.50. The van der Waals surface area contributed by atoms with Crippen LogP contribution in [0.15, 0.2) is 0 Å². The Morgan fingerprint density at radius 2 is 2.11 bits per heavy atom. The van der Waals surface area contributed by atoms with E-state index in [-0.39, 0.29) is 12.6 Å². The Labute approximate surface area is 108 Å². The van der Waals surface area contributed by atoms with Gasteiger partial charge in [0.15, 0.2) is 0 Å². The van der Waals surface area contributed by atoms with Gasteiger partial charge in [0.05, 0.1) is 5.41 Å². The number of carbonyl (C=O) groups is 2. The lowest BCUT2D eigenvalue weighted by atomic mass is 9.69. The van der Waals surface area contributed by atoms with Crippen LogP contribution in [-0.2, 0) is 4.79 Å². The third-order valence-corrected chi connectivity index (χ3v) is 4.45. The molecule has 0 aromatic rings. The fourth-order valence-electron chi connectivity index (χ4n) is 2.94. The number of nitrogens with one attached hydrogen (secondary N) is 1. The maximum absolute atomic E-state index is 12.0. The van der Waals surface area contributed by atoms with E-state index in [0.717, 1.165) is 32.2 Å². The molecule has 2 amide bonds. The first-order valence-electron chi connectivity index (χ1n) is 6.87. The molecule has 1 aliphatic carbocycles. The standard InChI is InChI=1S/C13H22N2O3/c1-2-10-5-3-8-15(10)12(18)14-9-13(11(16)17)6-4-7-13/h10H,2-9H2,1H3,(H,14,18)(H,16,17). The second-order valence-corrected chi connectivity index (χ2v) is 5.50. The predicted octanol–water partition coefficient (Wildman–Crippen LogP) is 1.83. The van der Waals surface area contributed by atoms with E-state index in [4.69, 9.17) is 0 Å². The minimum absolute atomic E-state index is 0.0909. The molecule has 5 heteroatoms. The van der Waals surface area contributed by atoms with Crippen LogP contribution < -0.4 is 5.32 Å². The summed E-state index contributed by atoms with van der Waals surface area (Å²) >= 11 is 0. The van der Waals surface area contributed by atoms with E-state index < -0.39 is 11.4 Å². The number of carbonyl (C=O) groups excluding carboxylic acids is 1. The lowest BCUT2D eigenvalue weighted by Gasteiger charge is -2.38. The van der Waals surface area contributed by atoms with Gasteiger partial charge in [-0.1, -0.05) is 13.3 Å². The lowest BCUT2D eigenvalue weighted by Crippen LogP contribution is -2.51. The van der Waals surface area contributed by atoms with Crippen LogP contribution in [0.4, 0.5) is 4.79 Å². The van der Waals surface area contributed by atoms with Crippen molar-refractivity contribution in [2.24, 2.45) is 5.41 Å². The third kappa shape index (κ3) is 2.31. The molecule has 102 valence electrons. The molecule has 0 spiro atoms. The van der Waals surface area contributed by atoms with Crippen LogP contribution in [0.1, 0.15) is 45.4 Å². The molecular formula is C13H22N2O3. The number of rotatable bonds is 4. The normalized spacial score (nSPS) is 25.6. The summed E-state index contributed by atoms with van der Waals surface area (Å²) in [6, 6.07) is 0.235. The number of carboxylic acid groups (broad SMARTS) is 1. The van der Waals surface area contributed by atoms with Gasteiger partial charge in [0.1, 0.15) is 0 Å². The van der Waals surface area contributed by atoms with Gasteiger partial charge in [-0.05, 0) is 32.1 Å². The van der Waals surface area contributed by atoms with Crippen molar-refractivity contribution >= 4 is 12.0 Å². The SMILES string of the molecule is CCC1CCCN1C(=O)NCC1(C(=O)O)CCC1. The first-order chi connectivity index (χ1) is 8.59. The van der Waals surface area contributed by atoms with E-state index in [9.17, 15) is 14.7 Å². The van der Waals surface area contributed by atoms with Crippen LogP contribution in [0.3, 0.4) is 0 Å². The number of aliphatic carboxylic acids is 1. The molecule has 1 heterocycles. The summed E-state index contributed by atoms with van der Waals surface area (Å²) in [5.41, 5.74) is -0.697. The van der Waals surface area contributed by atoms with Crippen molar-refractivity contribution in [1.29, 1.82) is 0 Å². The van der Waals surface area contributed by atoms with Crippen LogP contribution >= 0.6 is 0 Å². The average molecular weight is 254 g/mol. The lowest BCUT2D eigenvalue weighted by molar-refractivity contribution is -0.153. The zero-order chi connectivity index (χ0) is 13.2. The Morgan fingerprint density at radius 3 is 2.61 bits per heavy atom. The predicted molar refractivity (Wildman–Crippen MR) is 67.3 cm³/mol. The van der Waals surface area contributed by atoms with Crippen molar-refractivity contribution in [3.8, 4) is 0 Å². The highest BCUT2D eigenvalue weighted by atomic mass is 16.4.